The molecular formula is C17H32N2O6. The molecule has 0 saturated carbocycles. The van der Waals surface area contributed by atoms with E-state index in [0.29, 0.717) is 52.6 Å². The highest BCUT2D eigenvalue weighted by atomic mass is 16.5. The van der Waals surface area contributed by atoms with E-state index in [1.807, 2.05) is 20.8 Å². The van der Waals surface area contributed by atoms with Crippen LogP contribution in [0.1, 0.15) is 27.2 Å². The number of ether oxygens (including phenoxy) is 3. The monoisotopic (exact) mass is 360 g/mol. The molecule has 8 heteroatoms. The quantitative estimate of drug-likeness (QED) is 0.263. The molecule has 0 radical (unpaired) electrons. The lowest BCUT2D eigenvalue weighted by Gasteiger charge is -2.12. The molecule has 0 bridgehead atoms. The summed E-state index contributed by atoms with van der Waals surface area (Å²) < 4.78 is 15.6. The predicted molar refractivity (Wildman–Crippen MR) is 95.1 cm³/mol. The zero-order valence-corrected chi connectivity index (χ0v) is 15.6. The van der Waals surface area contributed by atoms with E-state index < -0.39 is 5.91 Å². The minimum Gasteiger partial charge on any atom is -0.379 e. The smallest absolute Gasteiger partial charge is 0.252 e. The first-order valence-corrected chi connectivity index (χ1v) is 8.54. The van der Waals surface area contributed by atoms with E-state index in [1.165, 1.54) is 0 Å². The molecule has 0 rings (SSSR count). The lowest BCUT2D eigenvalue weighted by Crippen LogP contribution is -2.34. The summed E-state index contributed by atoms with van der Waals surface area (Å²) in [4.78, 5) is 34.3. The molecular weight excluding hydrogens is 328 g/mol. The third-order valence-corrected chi connectivity index (χ3v) is 2.68. The second kappa shape index (κ2) is 20.3. The van der Waals surface area contributed by atoms with Crippen LogP contribution in [0.25, 0.3) is 0 Å². The fourth-order valence-corrected chi connectivity index (χ4v) is 1.49. The molecule has 0 atom stereocenters. The Morgan fingerprint density at radius 2 is 1.60 bits per heavy atom. The molecule has 0 aliphatic carbocycles. The fourth-order valence-electron chi connectivity index (χ4n) is 1.49. The number of carbonyl (C=O) groups excluding carboxylic acids is 3. The van der Waals surface area contributed by atoms with Gasteiger partial charge in [0.05, 0.1) is 33.0 Å². The van der Waals surface area contributed by atoms with Crippen molar-refractivity contribution in [3.05, 3.63) is 12.7 Å². The van der Waals surface area contributed by atoms with Gasteiger partial charge in [-0.25, -0.2) is 0 Å². The number of nitrogens with one attached hydrogen (secondary N) is 1. The van der Waals surface area contributed by atoms with Gasteiger partial charge >= 0.3 is 0 Å². The highest BCUT2D eigenvalue weighted by Gasteiger charge is 2.10. The summed E-state index contributed by atoms with van der Waals surface area (Å²) in [5.41, 5.74) is 0. The molecule has 0 aromatic carbocycles. The minimum atomic E-state index is -0.527. The molecule has 3 amide bonds. The van der Waals surface area contributed by atoms with Crippen molar-refractivity contribution in [3.63, 3.8) is 0 Å². The maximum absolute atomic E-state index is 11.5. The molecule has 0 aliphatic rings. The lowest BCUT2D eigenvalue weighted by molar-refractivity contribution is -0.134. The summed E-state index contributed by atoms with van der Waals surface area (Å²) in [6, 6.07) is 0. The highest BCUT2D eigenvalue weighted by Crippen LogP contribution is 1.90. The fraction of sp³-hybridized carbons (Fsp3) is 0.706. The van der Waals surface area contributed by atoms with Gasteiger partial charge in [0.15, 0.2) is 0 Å². The van der Waals surface area contributed by atoms with Gasteiger partial charge in [0.25, 0.3) is 5.91 Å². The number of nitrogens with zero attached hydrogens (tertiary/aromatic N) is 1. The SMILES string of the molecule is C=CC(=O)N(C=O)CCC(=O)NCCOCCOCCOCC.CC. The molecule has 146 valence electrons. The van der Waals surface area contributed by atoms with Crippen molar-refractivity contribution >= 4 is 18.2 Å². The molecule has 0 saturated heterocycles. The Kier molecular flexibility index (Phi) is 20.7. The van der Waals surface area contributed by atoms with Crippen LogP contribution in [0.5, 0.6) is 0 Å². The number of imide groups is 1. The highest BCUT2D eigenvalue weighted by molar-refractivity contribution is 5.94. The summed E-state index contributed by atoms with van der Waals surface area (Å²) in [5.74, 6) is -0.786. The third-order valence-electron chi connectivity index (χ3n) is 2.68. The zero-order valence-electron chi connectivity index (χ0n) is 15.6. The predicted octanol–water partition coefficient (Wildman–Crippen LogP) is 0.760. The Bertz CT molecular complexity index is 363. The summed E-state index contributed by atoms with van der Waals surface area (Å²) in [6.07, 6.45) is 1.45. The Morgan fingerprint density at radius 1 is 1.04 bits per heavy atom. The topological polar surface area (TPSA) is 94.2 Å². The van der Waals surface area contributed by atoms with Gasteiger partial charge in [0.1, 0.15) is 0 Å². The van der Waals surface area contributed by atoms with E-state index in [2.05, 4.69) is 11.9 Å². The van der Waals surface area contributed by atoms with Gasteiger partial charge in [0.2, 0.25) is 12.3 Å². The molecule has 0 unspecified atom stereocenters. The first kappa shape index (κ1) is 25.5. The van der Waals surface area contributed by atoms with E-state index in [0.717, 1.165) is 11.0 Å². The maximum Gasteiger partial charge on any atom is 0.252 e. The number of amides is 3. The van der Waals surface area contributed by atoms with E-state index in [9.17, 15) is 14.4 Å². The van der Waals surface area contributed by atoms with Crippen LogP contribution < -0.4 is 5.32 Å². The van der Waals surface area contributed by atoms with E-state index >= 15 is 0 Å². The minimum absolute atomic E-state index is 0.0225. The van der Waals surface area contributed by atoms with Gasteiger partial charge in [-0.3, -0.25) is 19.3 Å². The van der Waals surface area contributed by atoms with Gasteiger partial charge in [-0.05, 0) is 13.0 Å². The van der Waals surface area contributed by atoms with Crippen LogP contribution in [0, 0.1) is 0 Å². The molecule has 1 N–H and O–H groups in total. The molecule has 25 heavy (non-hydrogen) atoms. The average Bonchev–Trinajstić information content (AvgIpc) is 2.65. The average molecular weight is 360 g/mol. The second-order valence-electron chi connectivity index (χ2n) is 4.36. The van der Waals surface area contributed by atoms with Crippen molar-refractivity contribution in [1.82, 2.24) is 10.2 Å². The van der Waals surface area contributed by atoms with Crippen molar-refractivity contribution in [3.8, 4) is 0 Å². The van der Waals surface area contributed by atoms with Crippen LogP contribution in [0.3, 0.4) is 0 Å². The summed E-state index contributed by atoms with van der Waals surface area (Å²) >= 11 is 0. The van der Waals surface area contributed by atoms with E-state index in [4.69, 9.17) is 14.2 Å². The standard InChI is InChI=1S/C15H26N2O6.C2H6/c1-3-15(20)17(13-18)7-5-14(19)16-6-8-22-11-12-23-10-9-21-4-2;1-2/h3,13H,1,4-12H2,2H3,(H,16,19);1-2H3. The maximum atomic E-state index is 11.5. The van der Waals surface area contributed by atoms with Gasteiger partial charge in [-0.15, -0.1) is 0 Å². The largest absolute Gasteiger partial charge is 0.379 e. The van der Waals surface area contributed by atoms with Crippen LogP contribution in [-0.2, 0) is 28.6 Å². The Hall–Kier alpha value is -1.77. The molecule has 0 aromatic heterocycles. The van der Waals surface area contributed by atoms with Crippen molar-refractivity contribution in [2.45, 2.75) is 27.2 Å². The Labute approximate surface area is 150 Å². The van der Waals surface area contributed by atoms with Gasteiger partial charge in [0, 0.05) is 26.1 Å². The van der Waals surface area contributed by atoms with Crippen molar-refractivity contribution in [2.24, 2.45) is 0 Å². The third kappa shape index (κ3) is 16.9. The first-order chi connectivity index (χ1) is 12.2. The summed E-state index contributed by atoms with van der Waals surface area (Å²) in [6.45, 7) is 12.6. The molecule has 0 aliphatic heterocycles. The normalized spacial score (nSPS) is 9.56. The van der Waals surface area contributed by atoms with E-state index in [-0.39, 0.29) is 18.9 Å². The van der Waals surface area contributed by atoms with E-state index in [1.54, 1.807) is 0 Å². The molecule has 0 aromatic rings. The van der Waals surface area contributed by atoms with Crippen molar-refractivity contribution in [1.29, 1.82) is 0 Å². The number of hydrogen-bond acceptors (Lipinski definition) is 6. The number of carbonyl (C=O) groups is 3. The summed E-state index contributed by atoms with van der Waals surface area (Å²) in [5, 5.41) is 2.63. The number of rotatable bonds is 15. The van der Waals surface area contributed by atoms with Crippen LogP contribution in [-0.4, -0.2) is 75.9 Å². The van der Waals surface area contributed by atoms with Gasteiger partial charge in [-0.2, -0.15) is 0 Å². The first-order valence-electron chi connectivity index (χ1n) is 8.54. The molecule has 0 spiro atoms. The van der Waals surface area contributed by atoms with Crippen LogP contribution in [0.2, 0.25) is 0 Å². The lowest BCUT2D eigenvalue weighted by atomic mass is 10.3. The summed E-state index contributed by atoms with van der Waals surface area (Å²) in [7, 11) is 0. The van der Waals surface area contributed by atoms with Crippen molar-refractivity contribution in [2.75, 3.05) is 52.7 Å². The molecule has 0 fully saturated rings. The molecule has 8 nitrogen and oxygen atoms in total. The van der Waals surface area contributed by atoms with Crippen LogP contribution >= 0.6 is 0 Å². The zero-order chi connectivity index (χ0) is 19.3. The molecule has 0 heterocycles. The van der Waals surface area contributed by atoms with Gasteiger partial charge in [-0.1, -0.05) is 20.4 Å². The van der Waals surface area contributed by atoms with Crippen LogP contribution in [0.4, 0.5) is 0 Å². The number of hydrogen-bond donors (Lipinski definition) is 1. The van der Waals surface area contributed by atoms with Crippen LogP contribution in [0.15, 0.2) is 12.7 Å². The Balaban J connectivity index is 0. The Morgan fingerprint density at radius 3 is 2.12 bits per heavy atom. The second-order valence-corrected chi connectivity index (χ2v) is 4.36. The van der Waals surface area contributed by atoms with Crippen molar-refractivity contribution < 1.29 is 28.6 Å². The van der Waals surface area contributed by atoms with Gasteiger partial charge < -0.3 is 19.5 Å².